The van der Waals surface area contributed by atoms with Gasteiger partial charge in [-0.1, -0.05) is 49.6 Å². The maximum atomic E-state index is 13.3. The molecule has 4 nitrogen and oxygen atoms in total. The molecule has 0 radical (unpaired) electrons. The molecule has 0 saturated heterocycles. The van der Waals surface area contributed by atoms with Gasteiger partial charge in [0.2, 0.25) is 0 Å². The quantitative estimate of drug-likeness (QED) is 0.631. The maximum Gasteiger partial charge on any atom is 0.280 e. The Bertz CT molecular complexity index is 1030. The molecule has 1 N–H and O–H groups in total. The standard InChI is InChI=1S/C23H24FN3O/c1-16(25-19-10-6-3-7-11-19)21-22(17-8-4-2-5-9-17)26-27(23(21)28)20-14-12-18(24)13-15-20/h2,4-5,8-9,12-15,19,26H,3,6-7,10-11H2,1H3. The van der Waals surface area contributed by atoms with Crippen LogP contribution in [0.1, 0.15) is 44.6 Å². The third kappa shape index (κ3) is 3.70. The lowest BCUT2D eigenvalue weighted by Crippen LogP contribution is -2.21. The highest BCUT2D eigenvalue weighted by Gasteiger charge is 2.21. The predicted molar refractivity (Wildman–Crippen MR) is 111 cm³/mol. The van der Waals surface area contributed by atoms with Gasteiger partial charge in [0, 0.05) is 11.3 Å². The number of aromatic nitrogens is 2. The smallest absolute Gasteiger partial charge is 0.280 e. The lowest BCUT2D eigenvalue weighted by molar-refractivity contribution is 0.443. The fourth-order valence-corrected chi connectivity index (χ4v) is 3.91. The fourth-order valence-electron chi connectivity index (χ4n) is 3.91. The lowest BCUT2D eigenvalue weighted by Gasteiger charge is -2.18. The van der Waals surface area contributed by atoms with Gasteiger partial charge >= 0.3 is 0 Å². The van der Waals surface area contributed by atoms with E-state index in [1.54, 1.807) is 12.1 Å². The van der Waals surface area contributed by atoms with Crippen molar-refractivity contribution in [1.29, 1.82) is 0 Å². The van der Waals surface area contributed by atoms with E-state index in [1.807, 2.05) is 37.3 Å². The summed E-state index contributed by atoms with van der Waals surface area (Å²) in [7, 11) is 0. The summed E-state index contributed by atoms with van der Waals surface area (Å²) in [5.41, 5.74) is 3.44. The summed E-state index contributed by atoms with van der Waals surface area (Å²) in [6, 6.07) is 16.0. The van der Waals surface area contributed by atoms with Gasteiger partial charge in [-0.15, -0.1) is 0 Å². The number of hydrogen-bond acceptors (Lipinski definition) is 2. The highest BCUT2D eigenvalue weighted by Crippen LogP contribution is 2.24. The van der Waals surface area contributed by atoms with Crippen molar-refractivity contribution in [2.45, 2.75) is 45.1 Å². The van der Waals surface area contributed by atoms with E-state index in [1.165, 1.54) is 36.1 Å². The number of aliphatic imine (C=N–C) groups is 1. The van der Waals surface area contributed by atoms with Gasteiger partial charge in [0.05, 0.1) is 23.0 Å². The number of H-pyrrole nitrogens is 1. The van der Waals surface area contributed by atoms with Crippen LogP contribution in [0.25, 0.3) is 16.9 Å². The van der Waals surface area contributed by atoms with Gasteiger partial charge in [0.25, 0.3) is 5.56 Å². The number of benzene rings is 2. The molecule has 1 fully saturated rings. The molecule has 2 aromatic carbocycles. The number of aromatic amines is 1. The second kappa shape index (κ2) is 7.97. The molecule has 0 spiro atoms. The average Bonchev–Trinajstić information content (AvgIpc) is 3.07. The Kier molecular flexibility index (Phi) is 5.24. The summed E-state index contributed by atoms with van der Waals surface area (Å²) in [5.74, 6) is -0.332. The molecule has 1 aliphatic carbocycles. The molecule has 1 saturated carbocycles. The molecule has 144 valence electrons. The van der Waals surface area contributed by atoms with E-state index in [2.05, 4.69) is 5.10 Å². The van der Waals surface area contributed by atoms with Crippen molar-refractivity contribution in [3.63, 3.8) is 0 Å². The third-order valence-corrected chi connectivity index (χ3v) is 5.35. The minimum Gasteiger partial charge on any atom is -0.290 e. The van der Waals surface area contributed by atoms with Crippen molar-refractivity contribution in [3.8, 4) is 16.9 Å². The maximum absolute atomic E-state index is 13.3. The van der Waals surface area contributed by atoms with Crippen molar-refractivity contribution in [2.75, 3.05) is 0 Å². The third-order valence-electron chi connectivity index (χ3n) is 5.35. The number of nitrogens with one attached hydrogen (secondary N) is 1. The molecule has 1 aliphatic rings. The van der Waals surface area contributed by atoms with Crippen LogP contribution in [-0.2, 0) is 0 Å². The van der Waals surface area contributed by atoms with Crippen molar-refractivity contribution in [2.24, 2.45) is 4.99 Å². The first kappa shape index (κ1) is 18.4. The largest absolute Gasteiger partial charge is 0.290 e. The summed E-state index contributed by atoms with van der Waals surface area (Å²) in [6.07, 6.45) is 5.81. The highest BCUT2D eigenvalue weighted by atomic mass is 19.1. The number of nitrogens with zero attached hydrogens (tertiary/aromatic N) is 2. The van der Waals surface area contributed by atoms with E-state index in [4.69, 9.17) is 4.99 Å². The first-order chi connectivity index (χ1) is 13.6. The second-order valence-corrected chi connectivity index (χ2v) is 7.35. The van der Waals surface area contributed by atoms with Gasteiger partial charge in [0.1, 0.15) is 5.82 Å². The van der Waals surface area contributed by atoms with Gasteiger partial charge in [0.15, 0.2) is 0 Å². The Balaban J connectivity index is 1.84. The summed E-state index contributed by atoms with van der Waals surface area (Å²) in [5, 5.41) is 3.22. The minimum absolute atomic E-state index is 0.164. The van der Waals surface area contributed by atoms with Crippen LogP contribution in [0.4, 0.5) is 4.39 Å². The van der Waals surface area contributed by atoms with Crippen molar-refractivity contribution >= 4 is 5.71 Å². The molecule has 28 heavy (non-hydrogen) atoms. The number of hydrogen-bond donors (Lipinski definition) is 1. The molecule has 5 heteroatoms. The molecule has 3 aromatic rings. The topological polar surface area (TPSA) is 50.1 Å². The van der Waals surface area contributed by atoms with Crippen LogP contribution in [0.15, 0.2) is 64.4 Å². The molecule has 0 unspecified atom stereocenters. The monoisotopic (exact) mass is 377 g/mol. The van der Waals surface area contributed by atoms with Gasteiger partial charge in [-0.05, 0) is 44.0 Å². The zero-order chi connectivity index (χ0) is 19.5. The number of rotatable bonds is 4. The van der Waals surface area contributed by atoms with Crippen LogP contribution in [0.3, 0.4) is 0 Å². The van der Waals surface area contributed by atoms with E-state index in [0.29, 0.717) is 11.3 Å². The Hall–Kier alpha value is -2.95. The Morgan fingerprint density at radius 3 is 2.39 bits per heavy atom. The average molecular weight is 377 g/mol. The summed E-state index contributed by atoms with van der Waals surface area (Å²) < 4.78 is 14.8. The second-order valence-electron chi connectivity index (χ2n) is 7.35. The van der Waals surface area contributed by atoms with Crippen molar-refractivity contribution in [1.82, 2.24) is 9.78 Å². The van der Waals surface area contributed by atoms with E-state index in [-0.39, 0.29) is 17.4 Å². The Morgan fingerprint density at radius 1 is 1.04 bits per heavy atom. The first-order valence-electron chi connectivity index (χ1n) is 9.84. The van der Waals surface area contributed by atoms with Crippen LogP contribution in [-0.4, -0.2) is 21.5 Å². The molecule has 0 atom stereocenters. The van der Waals surface area contributed by atoms with Crippen molar-refractivity contribution < 1.29 is 4.39 Å². The van der Waals surface area contributed by atoms with Crippen LogP contribution in [0, 0.1) is 5.82 Å². The fraction of sp³-hybridized carbons (Fsp3) is 0.304. The van der Waals surface area contributed by atoms with Gasteiger partial charge < -0.3 is 0 Å². The number of halogens is 1. The Morgan fingerprint density at radius 2 is 1.71 bits per heavy atom. The highest BCUT2D eigenvalue weighted by molar-refractivity contribution is 6.03. The molecule has 0 bridgehead atoms. The summed E-state index contributed by atoms with van der Waals surface area (Å²) in [6.45, 7) is 1.92. The summed E-state index contributed by atoms with van der Waals surface area (Å²) in [4.78, 5) is 18.2. The molecular weight excluding hydrogens is 353 g/mol. The molecule has 0 amide bonds. The van der Waals surface area contributed by atoms with Gasteiger partial charge in [-0.3, -0.25) is 14.9 Å². The van der Waals surface area contributed by atoms with Gasteiger partial charge in [-0.2, -0.15) is 0 Å². The lowest BCUT2D eigenvalue weighted by atomic mass is 9.95. The van der Waals surface area contributed by atoms with E-state index >= 15 is 0 Å². The molecule has 1 aromatic heterocycles. The molecule has 0 aliphatic heterocycles. The SMILES string of the molecule is CC(=NC1CCCCC1)c1c(-c2ccccc2)[nH]n(-c2ccc(F)cc2)c1=O. The van der Waals surface area contributed by atoms with Crippen LogP contribution in [0.2, 0.25) is 0 Å². The van der Waals surface area contributed by atoms with E-state index in [9.17, 15) is 9.18 Å². The molecular formula is C23H24FN3O. The predicted octanol–water partition coefficient (Wildman–Crippen LogP) is 5.11. The van der Waals surface area contributed by atoms with E-state index < -0.39 is 0 Å². The van der Waals surface area contributed by atoms with Crippen LogP contribution < -0.4 is 5.56 Å². The van der Waals surface area contributed by atoms with Crippen LogP contribution in [0.5, 0.6) is 0 Å². The molecule has 4 rings (SSSR count). The van der Waals surface area contributed by atoms with Crippen molar-refractivity contribution in [3.05, 3.63) is 76.3 Å². The van der Waals surface area contributed by atoms with E-state index in [0.717, 1.165) is 29.8 Å². The summed E-state index contributed by atoms with van der Waals surface area (Å²) >= 11 is 0. The zero-order valence-electron chi connectivity index (χ0n) is 16.0. The van der Waals surface area contributed by atoms with Gasteiger partial charge in [-0.25, -0.2) is 9.07 Å². The van der Waals surface area contributed by atoms with Crippen LogP contribution >= 0.6 is 0 Å². The minimum atomic E-state index is -0.332. The first-order valence-corrected chi connectivity index (χ1v) is 9.84. The zero-order valence-corrected chi connectivity index (χ0v) is 16.0. The molecule has 1 heterocycles. The normalized spacial score (nSPS) is 15.7. The Labute approximate surface area is 163 Å².